The Bertz CT molecular complexity index is 1870. The van der Waals surface area contributed by atoms with Gasteiger partial charge in [-0.3, -0.25) is 9.10 Å². The third-order valence-corrected chi connectivity index (χ3v) is 9.15. The molecule has 0 saturated carbocycles. The number of nitrogens with one attached hydrogen (secondary N) is 1. The van der Waals surface area contributed by atoms with E-state index < -0.39 is 28.0 Å². The number of sulfonamides is 1. The van der Waals surface area contributed by atoms with Gasteiger partial charge in [-0.15, -0.1) is 0 Å². The first-order chi connectivity index (χ1) is 22.3. The summed E-state index contributed by atoms with van der Waals surface area (Å²) in [6.45, 7) is 6.33. The van der Waals surface area contributed by atoms with Crippen LogP contribution in [0.1, 0.15) is 42.8 Å². The van der Waals surface area contributed by atoms with Crippen LogP contribution in [-0.4, -0.2) is 72.0 Å². The molecule has 0 unspecified atom stereocenters. The maximum Gasteiger partial charge on any atom is 0.255 e. The van der Waals surface area contributed by atoms with E-state index in [0.717, 1.165) is 6.26 Å². The zero-order valence-corrected chi connectivity index (χ0v) is 27.6. The fourth-order valence-electron chi connectivity index (χ4n) is 5.83. The molecule has 1 amide bonds. The summed E-state index contributed by atoms with van der Waals surface area (Å²) in [6, 6.07) is 16.0. The molecule has 11 nitrogen and oxygen atoms in total. The van der Waals surface area contributed by atoms with E-state index in [0.29, 0.717) is 57.2 Å². The van der Waals surface area contributed by atoms with Gasteiger partial charge in [0.05, 0.1) is 50.0 Å². The Labute approximate surface area is 272 Å². The van der Waals surface area contributed by atoms with Gasteiger partial charge in [-0.1, -0.05) is 0 Å². The number of hydrogen-bond donors (Lipinski definition) is 1. The first-order valence-corrected chi connectivity index (χ1v) is 17.0. The lowest BCUT2D eigenvalue weighted by atomic mass is 10.0. The monoisotopic (exact) mass is 668 g/mol. The molecule has 0 bridgehead atoms. The second-order valence-corrected chi connectivity index (χ2v) is 14.0. The van der Waals surface area contributed by atoms with Crippen molar-refractivity contribution >= 4 is 32.6 Å². The van der Waals surface area contributed by atoms with Crippen molar-refractivity contribution in [2.45, 2.75) is 44.9 Å². The van der Waals surface area contributed by atoms with Crippen molar-refractivity contribution in [2.24, 2.45) is 0 Å². The molecule has 250 valence electrons. The van der Waals surface area contributed by atoms with E-state index in [1.54, 1.807) is 36.4 Å². The molecule has 2 aliphatic rings. The van der Waals surface area contributed by atoms with Gasteiger partial charge in [-0.2, -0.15) is 0 Å². The highest BCUT2D eigenvalue weighted by molar-refractivity contribution is 7.92. The van der Waals surface area contributed by atoms with E-state index in [9.17, 15) is 17.6 Å². The maximum absolute atomic E-state index is 13.3. The number of carbonyl (C=O) groups is 1. The number of anilines is 1. The van der Waals surface area contributed by atoms with Gasteiger partial charge in [0.25, 0.3) is 5.91 Å². The van der Waals surface area contributed by atoms with Crippen LogP contribution < -0.4 is 14.4 Å². The number of carbonyl (C=O) groups excluding carboxylic acids is 1. The number of benzene rings is 3. The summed E-state index contributed by atoms with van der Waals surface area (Å²) < 4.78 is 76.6. The number of amides is 1. The summed E-state index contributed by atoms with van der Waals surface area (Å²) in [6.07, 6.45) is -0.226. The third kappa shape index (κ3) is 7.14. The summed E-state index contributed by atoms with van der Waals surface area (Å²) in [5, 5.41) is 3.19. The SMILES string of the molecule is CNC(=O)c1c(-c2ccc(Oc3ccc(F)cc3)cc2)oc2cc3c(cc12)[C@H](C)O[C@H](COC[C@H]1COC(C)(C)O1)CN3S(C)(=O)=O. The Balaban J connectivity index is 1.31. The number of nitrogens with zero attached hydrogens (tertiary/aromatic N) is 1. The normalized spacial score (nSPS) is 21.0. The molecule has 4 aromatic rings. The molecule has 3 atom stereocenters. The van der Waals surface area contributed by atoms with Crippen molar-refractivity contribution in [3.63, 3.8) is 0 Å². The highest BCUT2D eigenvalue weighted by Gasteiger charge is 2.35. The molecular weight excluding hydrogens is 631 g/mol. The predicted octanol–water partition coefficient (Wildman–Crippen LogP) is 5.78. The Kier molecular flexibility index (Phi) is 9.02. The van der Waals surface area contributed by atoms with E-state index in [2.05, 4.69) is 5.32 Å². The van der Waals surface area contributed by atoms with Crippen molar-refractivity contribution in [1.82, 2.24) is 5.32 Å². The minimum Gasteiger partial charge on any atom is -0.457 e. The van der Waals surface area contributed by atoms with Crippen molar-refractivity contribution in [3.8, 4) is 22.8 Å². The van der Waals surface area contributed by atoms with Gasteiger partial charge in [-0.25, -0.2) is 12.8 Å². The second-order valence-electron chi connectivity index (χ2n) is 12.1. The first kappa shape index (κ1) is 32.9. The Hall–Kier alpha value is -4.01. The Morgan fingerprint density at radius 2 is 1.70 bits per heavy atom. The van der Waals surface area contributed by atoms with Crippen LogP contribution in [0, 0.1) is 5.82 Å². The standard InChI is InChI=1S/C34H37FN2O9S/c1-20-27-14-28-30(15-29(27)37(47(5,39)40)16-25(43-20)17-41-18-26-19-42-34(2,3)46-26)45-32(31(28)33(38)36-4)21-6-10-23(11-7-21)44-24-12-8-22(35)9-13-24/h6-15,20,25-26H,16-19H2,1-5H3,(H,36,38)/t20-,25-,26-/m0/s1. The van der Waals surface area contributed by atoms with Gasteiger partial charge in [0.2, 0.25) is 10.0 Å². The molecule has 3 aromatic carbocycles. The summed E-state index contributed by atoms with van der Waals surface area (Å²) in [5.74, 6) is -0.136. The summed E-state index contributed by atoms with van der Waals surface area (Å²) in [5.41, 5.74) is 2.21. The van der Waals surface area contributed by atoms with Crippen LogP contribution in [0.3, 0.4) is 0 Å². The van der Waals surface area contributed by atoms with Crippen molar-refractivity contribution in [3.05, 3.63) is 77.6 Å². The van der Waals surface area contributed by atoms with E-state index in [4.69, 9.17) is 28.1 Å². The molecule has 2 aliphatic heterocycles. The molecule has 1 N–H and O–H groups in total. The zero-order chi connectivity index (χ0) is 33.5. The lowest BCUT2D eigenvalue weighted by Gasteiger charge is -2.25. The highest BCUT2D eigenvalue weighted by atomic mass is 32.2. The van der Waals surface area contributed by atoms with Crippen molar-refractivity contribution in [1.29, 1.82) is 0 Å². The maximum atomic E-state index is 13.3. The Morgan fingerprint density at radius 1 is 1.04 bits per heavy atom. The van der Waals surface area contributed by atoms with Gasteiger partial charge >= 0.3 is 0 Å². The molecule has 6 rings (SSSR count). The molecule has 0 aliphatic carbocycles. The van der Waals surface area contributed by atoms with Crippen LogP contribution >= 0.6 is 0 Å². The molecule has 1 saturated heterocycles. The molecule has 47 heavy (non-hydrogen) atoms. The topological polar surface area (TPSA) is 126 Å². The summed E-state index contributed by atoms with van der Waals surface area (Å²) in [4.78, 5) is 13.3. The summed E-state index contributed by atoms with van der Waals surface area (Å²) >= 11 is 0. The van der Waals surface area contributed by atoms with Gasteiger partial charge < -0.3 is 33.4 Å². The average molecular weight is 669 g/mol. The number of rotatable bonds is 9. The smallest absolute Gasteiger partial charge is 0.255 e. The van der Waals surface area contributed by atoms with E-state index in [1.165, 1.54) is 35.6 Å². The van der Waals surface area contributed by atoms with Crippen LogP contribution in [0.15, 0.2) is 65.1 Å². The number of ether oxygens (including phenoxy) is 5. The molecule has 0 radical (unpaired) electrons. The molecule has 3 heterocycles. The highest BCUT2D eigenvalue weighted by Crippen LogP contribution is 2.42. The van der Waals surface area contributed by atoms with Gasteiger partial charge in [0, 0.05) is 29.6 Å². The second kappa shape index (κ2) is 12.9. The molecule has 1 fully saturated rings. The van der Waals surface area contributed by atoms with Crippen molar-refractivity contribution < 1.29 is 45.7 Å². The molecule has 13 heteroatoms. The minimum absolute atomic E-state index is 0.0145. The van der Waals surface area contributed by atoms with E-state index in [1.807, 2.05) is 20.8 Å². The first-order valence-electron chi connectivity index (χ1n) is 15.2. The molecule has 0 spiro atoms. The summed E-state index contributed by atoms with van der Waals surface area (Å²) in [7, 11) is -2.23. The fourth-order valence-corrected chi connectivity index (χ4v) is 6.78. The minimum atomic E-state index is -3.76. The van der Waals surface area contributed by atoms with Gasteiger partial charge in [0.15, 0.2) is 5.79 Å². The lowest BCUT2D eigenvalue weighted by Crippen LogP contribution is -2.39. The van der Waals surface area contributed by atoms with Crippen molar-refractivity contribution in [2.75, 3.05) is 44.0 Å². The van der Waals surface area contributed by atoms with E-state index in [-0.39, 0.29) is 37.6 Å². The fraction of sp³-hybridized carbons (Fsp3) is 0.382. The van der Waals surface area contributed by atoms with E-state index >= 15 is 0 Å². The van der Waals surface area contributed by atoms with Crippen LogP contribution in [0.5, 0.6) is 11.5 Å². The van der Waals surface area contributed by atoms with Gasteiger partial charge in [0.1, 0.15) is 40.9 Å². The number of fused-ring (bicyclic) bond motifs is 2. The van der Waals surface area contributed by atoms with Crippen LogP contribution in [0.2, 0.25) is 0 Å². The Morgan fingerprint density at radius 3 is 2.32 bits per heavy atom. The number of hydrogen-bond acceptors (Lipinski definition) is 9. The lowest BCUT2D eigenvalue weighted by molar-refractivity contribution is -0.147. The third-order valence-electron chi connectivity index (χ3n) is 8.01. The zero-order valence-electron chi connectivity index (χ0n) is 26.7. The molecule has 1 aromatic heterocycles. The number of furan rings is 1. The molecular formula is C34H37FN2O9S. The largest absolute Gasteiger partial charge is 0.457 e. The quantitative estimate of drug-likeness (QED) is 0.236. The van der Waals surface area contributed by atoms with Crippen LogP contribution in [0.25, 0.3) is 22.3 Å². The van der Waals surface area contributed by atoms with Crippen LogP contribution in [0.4, 0.5) is 10.1 Å². The number of halogens is 1. The van der Waals surface area contributed by atoms with Crippen LogP contribution in [-0.2, 0) is 29.0 Å². The average Bonchev–Trinajstić information content (AvgIpc) is 3.53. The van der Waals surface area contributed by atoms with Gasteiger partial charge in [-0.05, 0) is 75.4 Å². The predicted molar refractivity (Wildman–Crippen MR) is 173 cm³/mol.